The SMILES string of the molecule is O=C(NC1CC1)C1COCCN1Cc1cc(Br)cs1. The molecule has 2 aliphatic rings. The van der Waals surface area contributed by atoms with E-state index in [1.54, 1.807) is 11.3 Å². The first kappa shape index (κ1) is 13.5. The summed E-state index contributed by atoms with van der Waals surface area (Å²) in [6, 6.07) is 2.39. The van der Waals surface area contributed by atoms with Gasteiger partial charge in [0.25, 0.3) is 0 Å². The van der Waals surface area contributed by atoms with Gasteiger partial charge in [0.15, 0.2) is 0 Å². The van der Waals surface area contributed by atoms with E-state index in [2.05, 4.69) is 37.6 Å². The van der Waals surface area contributed by atoms with E-state index in [1.807, 2.05) is 0 Å². The molecule has 2 heterocycles. The molecule has 0 aromatic carbocycles. The fourth-order valence-corrected chi connectivity index (χ4v) is 3.71. The number of halogens is 1. The van der Waals surface area contributed by atoms with Crippen LogP contribution in [0.1, 0.15) is 17.7 Å². The van der Waals surface area contributed by atoms with E-state index in [0.29, 0.717) is 19.3 Å². The Labute approximate surface area is 125 Å². The number of nitrogens with one attached hydrogen (secondary N) is 1. The van der Waals surface area contributed by atoms with Gasteiger partial charge in [0.05, 0.1) is 13.2 Å². The lowest BCUT2D eigenvalue weighted by Crippen LogP contribution is -2.53. The summed E-state index contributed by atoms with van der Waals surface area (Å²) in [5, 5.41) is 5.16. The van der Waals surface area contributed by atoms with Crippen LogP contribution in [0.25, 0.3) is 0 Å². The van der Waals surface area contributed by atoms with E-state index in [9.17, 15) is 4.79 Å². The van der Waals surface area contributed by atoms with Gasteiger partial charge in [-0.05, 0) is 34.8 Å². The van der Waals surface area contributed by atoms with Crippen LogP contribution in [-0.4, -0.2) is 42.6 Å². The van der Waals surface area contributed by atoms with Crippen LogP contribution in [0.3, 0.4) is 0 Å². The number of ether oxygens (including phenoxy) is 1. The first-order chi connectivity index (χ1) is 9.22. The van der Waals surface area contributed by atoms with Gasteiger partial charge in [0.2, 0.25) is 5.91 Å². The minimum atomic E-state index is -0.143. The summed E-state index contributed by atoms with van der Waals surface area (Å²) < 4.78 is 6.58. The Kier molecular flexibility index (Phi) is 4.21. The first-order valence-corrected chi connectivity index (χ1v) is 8.25. The lowest BCUT2D eigenvalue weighted by molar-refractivity contribution is -0.133. The van der Waals surface area contributed by atoms with E-state index in [4.69, 9.17) is 4.74 Å². The number of hydrogen-bond acceptors (Lipinski definition) is 4. The van der Waals surface area contributed by atoms with Crippen molar-refractivity contribution >= 4 is 33.2 Å². The van der Waals surface area contributed by atoms with Crippen molar-refractivity contribution in [1.82, 2.24) is 10.2 Å². The van der Waals surface area contributed by atoms with Crippen molar-refractivity contribution in [3.05, 3.63) is 20.8 Å². The Balaban J connectivity index is 1.64. The average Bonchev–Trinajstić information content (AvgIpc) is 3.12. The lowest BCUT2D eigenvalue weighted by atomic mass is 10.2. The third-order valence-corrected chi connectivity index (χ3v) is 5.13. The van der Waals surface area contributed by atoms with Gasteiger partial charge in [-0.2, -0.15) is 0 Å². The molecule has 1 N–H and O–H groups in total. The summed E-state index contributed by atoms with van der Waals surface area (Å²) in [6.07, 6.45) is 2.24. The zero-order valence-corrected chi connectivity index (χ0v) is 13.0. The van der Waals surface area contributed by atoms with Crippen molar-refractivity contribution in [3.8, 4) is 0 Å². The summed E-state index contributed by atoms with van der Waals surface area (Å²) in [5.41, 5.74) is 0. The number of thiophene rings is 1. The van der Waals surface area contributed by atoms with Crippen LogP contribution < -0.4 is 5.32 Å². The number of carbonyl (C=O) groups is 1. The highest BCUT2D eigenvalue weighted by Crippen LogP contribution is 2.23. The number of morpholine rings is 1. The zero-order chi connectivity index (χ0) is 13.2. The molecule has 2 fully saturated rings. The van der Waals surface area contributed by atoms with E-state index in [0.717, 1.165) is 30.4 Å². The molecule has 6 heteroatoms. The van der Waals surface area contributed by atoms with Crippen LogP contribution in [0.2, 0.25) is 0 Å². The molecule has 1 aromatic heterocycles. The summed E-state index contributed by atoms with van der Waals surface area (Å²) >= 11 is 5.19. The minimum Gasteiger partial charge on any atom is -0.378 e. The van der Waals surface area contributed by atoms with Crippen LogP contribution in [-0.2, 0) is 16.1 Å². The van der Waals surface area contributed by atoms with E-state index in [-0.39, 0.29) is 11.9 Å². The predicted molar refractivity (Wildman–Crippen MR) is 78.2 cm³/mol. The topological polar surface area (TPSA) is 41.6 Å². The summed E-state index contributed by atoms with van der Waals surface area (Å²) in [6.45, 7) is 2.85. The highest BCUT2D eigenvalue weighted by Gasteiger charge is 2.33. The molecule has 1 saturated carbocycles. The third kappa shape index (κ3) is 3.56. The van der Waals surface area contributed by atoms with Crippen molar-refractivity contribution in [2.75, 3.05) is 19.8 Å². The van der Waals surface area contributed by atoms with Crippen molar-refractivity contribution in [1.29, 1.82) is 0 Å². The van der Waals surface area contributed by atoms with Gasteiger partial charge in [0, 0.05) is 33.9 Å². The molecule has 1 unspecified atom stereocenters. The van der Waals surface area contributed by atoms with Gasteiger partial charge in [-0.15, -0.1) is 11.3 Å². The normalized spacial score (nSPS) is 24.4. The monoisotopic (exact) mass is 344 g/mol. The second-order valence-electron chi connectivity index (χ2n) is 5.08. The predicted octanol–water partition coefficient (Wildman–Crippen LogP) is 1.99. The Morgan fingerprint density at radius 3 is 3.11 bits per heavy atom. The van der Waals surface area contributed by atoms with Crippen LogP contribution in [0, 0.1) is 0 Å². The molecule has 1 amide bonds. The van der Waals surface area contributed by atoms with Gasteiger partial charge in [-0.25, -0.2) is 0 Å². The Morgan fingerprint density at radius 2 is 2.42 bits per heavy atom. The van der Waals surface area contributed by atoms with Crippen molar-refractivity contribution in [2.45, 2.75) is 31.5 Å². The molecule has 0 bridgehead atoms. The number of hydrogen-bond donors (Lipinski definition) is 1. The molecule has 3 rings (SSSR count). The number of amides is 1. The number of rotatable bonds is 4. The van der Waals surface area contributed by atoms with Crippen molar-refractivity contribution in [2.24, 2.45) is 0 Å². The molecular weight excluding hydrogens is 328 g/mol. The first-order valence-electron chi connectivity index (χ1n) is 6.57. The summed E-state index contributed by atoms with van der Waals surface area (Å²) in [4.78, 5) is 15.7. The van der Waals surface area contributed by atoms with E-state index < -0.39 is 0 Å². The van der Waals surface area contributed by atoms with Crippen LogP contribution in [0.15, 0.2) is 15.9 Å². The van der Waals surface area contributed by atoms with E-state index >= 15 is 0 Å². The minimum absolute atomic E-state index is 0.123. The molecule has 1 aliphatic heterocycles. The van der Waals surface area contributed by atoms with Crippen LogP contribution in [0.4, 0.5) is 0 Å². The van der Waals surface area contributed by atoms with Gasteiger partial charge < -0.3 is 10.1 Å². The third-order valence-electron chi connectivity index (χ3n) is 3.45. The molecule has 1 aromatic rings. The maximum absolute atomic E-state index is 12.2. The Bertz CT molecular complexity index is 461. The molecular formula is C13H17BrN2O2S. The largest absolute Gasteiger partial charge is 0.378 e. The van der Waals surface area contributed by atoms with Crippen LogP contribution in [0.5, 0.6) is 0 Å². The summed E-state index contributed by atoms with van der Waals surface area (Å²) in [7, 11) is 0. The van der Waals surface area contributed by atoms with Crippen molar-refractivity contribution in [3.63, 3.8) is 0 Å². The Morgan fingerprint density at radius 1 is 1.58 bits per heavy atom. The molecule has 0 spiro atoms. The molecule has 19 heavy (non-hydrogen) atoms. The van der Waals surface area contributed by atoms with Gasteiger partial charge in [-0.3, -0.25) is 9.69 Å². The average molecular weight is 345 g/mol. The fraction of sp³-hybridized carbons (Fsp3) is 0.615. The number of nitrogens with zero attached hydrogens (tertiary/aromatic N) is 1. The van der Waals surface area contributed by atoms with Gasteiger partial charge >= 0.3 is 0 Å². The molecule has 4 nitrogen and oxygen atoms in total. The maximum atomic E-state index is 12.2. The smallest absolute Gasteiger partial charge is 0.239 e. The molecule has 1 aliphatic carbocycles. The lowest BCUT2D eigenvalue weighted by Gasteiger charge is -2.34. The second kappa shape index (κ2) is 5.91. The van der Waals surface area contributed by atoms with Crippen LogP contribution >= 0.6 is 27.3 Å². The molecule has 1 saturated heterocycles. The fourth-order valence-electron chi connectivity index (χ4n) is 2.23. The molecule has 1 atom stereocenters. The maximum Gasteiger partial charge on any atom is 0.239 e. The highest BCUT2D eigenvalue weighted by atomic mass is 79.9. The van der Waals surface area contributed by atoms with Crippen molar-refractivity contribution < 1.29 is 9.53 Å². The molecule has 0 radical (unpaired) electrons. The summed E-state index contributed by atoms with van der Waals surface area (Å²) in [5.74, 6) is 0.123. The zero-order valence-electron chi connectivity index (χ0n) is 10.6. The second-order valence-corrected chi connectivity index (χ2v) is 6.99. The Hall–Kier alpha value is -0.430. The molecule has 104 valence electrons. The standard InChI is InChI=1S/C13H17BrN2O2S/c14-9-5-11(19-8-9)6-16-3-4-18-7-12(16)13(17)15-10-1-2-10/h5,8,10,12H,1-4,6-7H2,(H,15,17). The highest BCUT2D eigenvalue weighted by molar-refractivity contribution is 9.10. The van der Waals surface area contributed by atoms with Gasteiger partial charge in [-0.1, -0.05) is 0 Å². The quantitative estimate of drug-likeness (QED) is 0.908. The van der Waals surface area contributed by atoms with E-state index in [1.165, 1.54) is 4.88 Å². The number of carbonyl (C=O) groups excluding carboxylic acids is 1. The van der Waals surface area contributed by atoms with Gasteiger partial charge in [0.1, 0.15) is 6.04 Å².